The highest BCUT2D eigenvalue weighted by Crippen LogP contribution is 2.19. The topological polar surface area (TPSA) is 71.4 Å². The number of nitrogens with one attached hydrogen (secondary N) is 1. The van der Waals surface area contributed by atoms with E-state index in [2.05, 4.69) is 12.2 Å². The molecule has 0 spiro atoms. The van der Waals surface area contributed by atoms with Gasteiger partial charge >= 0.3 is 0 Å². The average Bonchev–Trinajstić information content (AvgIpc) is 2.60. The van der Waals surface area contributed by atoms with Crippen LogP contribution < -0.4 is 10.9 Å². The lowest BCUT2D eigenvalue weighted by Gasteiger charge is -2.30. The van der Waals surface area contributed by atoms with Crippen molar-refractivity contribution in [2.75, 3.05) is 18.4 Å². The maximum Gasteiger partial charge on any atom is 0.274 e. The van der Waals surface area contributed by atoms with Gasteiger partial charge in [-0.2, -0.15) is 0 Å². The van der Waals surface area contributed by atoms with Gasteiger partial charge in [-0.05, 0) is 37.7 Å². The number of nitrogens with zero attached hydrogens (tertiary/aromatic N) is 2. The number of anilines is 1. The van der Waals surface area contributed by atoms with E-state index >= 15 is 0 Å². The first-order valence-electron chi connectivity index (χ1n) is 9.18. The number of hydrogen-bond acceptors (Lipinski definition) is 3. The predicted octanol–water partition coefficient (Wildman–Crippen LogP) is 2.63. The minimum absolute atomic E-state index is 0.0828. The Labute approximate surface area is 149 Å². The third-order valence-electron chi connectivity index (χ3n) is 5.12. The zero-order valence-corrected chi connectivity index (χ0v) is 15.7. The number of carbonyl (C=O) groups excluding carboxylic acids is 2. The third kappa shape index (κ3) is 4.50. The van der Waals surface area contributed by atoms with Gasteiger partial charge in [-0.1, -0.05) is 20.8 Å². The minimum atomic E-state index is -0.303. The van der Waals surface area contributed by atoms with E-state index in [1.54, 1.807) is 13.2 Å². The van der Waals surface area contributed by atoms with Crippen LogP contribution in [0.25, 0.3) is 0 Å². The first-order valence-corrected chi connectivity index (χ1v) is 9.18. The van der Waals surface area contributed by atoms with Crippen molar-refractivity contribution < 1.29 is 9.59 Å². The lowest BCUT2D eigenvalue weighted by Crippen LogP contribution is -2.38. The molecule has 25 heavy (non-hydrogen) atoms. The number of pyridine rings is 1. The zero-order valence-electron chi connectivity index (χ0n) is 15.7. The molecule has 1 aromatic heterocycles. The number of likely N-dealkylation sites (tertiary alicyclic amines) is 1. The quantitative estimate of drug-likeness (QED) is 0.890. The molecule has 1 fully saturated rings. The molecule has 0 bridgehead atoms. The fourth-order valence-corrected chi connectivity index (χ4v) is 3.21. The van der Waals surface area contributed by atoms with Crippen LogP contribution in [0.15, 0.2) is 17.1 Å². The second-order valence-electron chi connectivity index (χ2n) is 7.04. The predicted molar refractivity (Wildman–Crippen MR) is 98.7 cm³/mol. The van der Waals surface area contributed by atoms with Crippen molar-refractivity contribution in [3.63, 3.8) is 0 Å². The van der Waals surface area contributed by atoms with E-state index in [1.807, 2.05) is 18.7 Å². The molecule has 0 unspecified atom stereocenters. The molecule has 1 aromatic rings. The number of carbonyl (C=O) groups is 2. The normalized spacial score (nSPS) is 15.5. The van der Waals surface area contributed by atoms with Gasteiger partial charge in [0.25, 0.3) is 11.5 Å². The Bertz CT molecular complexity index is 684. The van der Waals surface area contributed by atoms with Crippen molar-refractivity contribution in [1.82, 2.24) is 9.47 Å². The van der Waals surface area contributed by atoms with Gasteiger partial charge in [-0.3, -0.25) is 14.4 Å². The molecule has 6 nitrogen and oxygen atoms in total. The molecule has 0 saturated carbocycles. The monoisotopic (exact) mass is 347 g/mol. The average molecular weight is 347 g/mol. The van der Waals surface area contributed by atoms with E-state index in [-0.39, 0.29) is 29.0 Å². The van der Waals surface area contributed by atoms with Crippen LogP contribution in [0.3, 0.4) is 0 Å². The van der Waals surface area contributed by atoms with Crippen LogP contribution in [-0.4, -0.2) is 34.4 Å². The van der Waals surface area contributed by atoms with Gasteiger partial charge in [0, 0.05) is 32.3 Å². The zero-order chi connectivity index (χ0) is 18.6. The van der Waals surface area contributed by atoms with Gasteiger partial charge in [0.05, 0.1) is 5.56 Å². The molecular weight excluding hydrogens is 318 g/mol. The van der Waals surface area contributed by atoms with E-state index in [4.69, 9.17) is 0 Å². The second-order valence-corrected chi connectivity index (χ2v) is 7.04. The summed E-state index contributed by atoms with van der Waals surface area (Å²) >= 11 is 0. The lowest BCUT2D eigenvalue weighted by atomic mass is 9.99. The van der Waals surface area contributed by atoms with E-state index < -0.39 is 0 Å². The molecule has 2 heterocycles. The Balaban J connectivity index is 2.23. The molecule has 1 N–H and O–H groups in total. The van der Waals surface area contributed by atoms with Crippen LogP contribution in [0.5, 0.6) is 0 Å². The molecule has 6 heteroatoms. The fraction of sp³-hybridized carbons (Fsp3) is 0.632. The van der Waals surface area contributed by atoms with E-state index in [0.29, 0.717) is 24.3 Å². The Kier molecular flexibility index (Phi) is 6.39. The number of piperidine rings is 1. The van der Waals surface area contributed by atoms with Crippen molar-refractivity contribution in [1.29, 1.82) is 0 Å². The molecular formula is C19H29N3O3. The highest BCUT2D eigenvalue weighted by Gasteiger charge is 2.23. The maximum atomic E-state index is 12.8. The minimum Gasteiger partial charge on any atom is -0.339 e. The second kappa shape index (κ2) is 8.32. The number of rotatable bonds is 5. The van der Waals surface area contributed by atoms with Crippen molar-refractivity contribution in [2.45, 2.75) is 46.5 Å². The summed E-state index contributed by atoms with van der Waals surface area (Å²) in [6.45, 7) is 7.56. The van der Waals surface area contributed by atoms with Gasteiger partial charge in [-0.25, -0.2) is 0 Å². The van der Waals surface area contributed by atoms with Crippen LogP contribution in [0.4, 0.5) is 5.69 Å². The van der Waals surface area contributed by atoms with Crippen LogP contribution >= 0.6 is 0 Å². The highest BCUT2D eigenvalue weighted by atomic mass is 16.2. The van der Waals surface area contributed by atoms with E-state index in [1.165, 1.54) is 10.6 Å². The highest BCUT2D eigenvalue weighted by molar-refractivity contribution is 5.97. The molecule has 2 amide bonds. The summed E-state index contributed by atoms with van der Waals surface area (Å²) in [6.07, 6.45) is 4.97. The standard InChI is InChI=1S/C19H29N3O3/c1-5-14(6-2)17(23)20-16-11-15(12-21(4)19(16)25)18(24)22-9-7-13(3)8-10-22/h11-14H,5-10H2,1-4H3,(H,20,23). The van der Waals surface area contributed by atoms with Gasteiger partial charge in [-0.15, -0.1) is 0 Å². The Hall–Kier alpha value is -2.11. The molecule has 0 aromatic carbocycles. The SMILES string of the molecule is CCC(CC)C(=O)Nc1cc(C(=O)N2CCC(C)CC2)cn(C)c1=O. The summed E-state index contributed by atoms with van der Waals surface area (Å²) < 4.78 is 1.36. The van der Waals surface area contributed by atoms with Crippen LogP contribution in [0, 0.1) is 11.8 Å². The van der Waals surface area contributed by atoms with Crippen LogP contribution in [-0.2, 0) is 11.8 Å². The van der Waals surface area contributed by atoms with Crippen LogP contribution in [0.2, 0.25) is 0 Å². The smallest absolute Gasteiger partial charge is 0.274 e. The Morgan fingerprint density at radius 1 is 1.24 bits per heavy atom. The summed E-state index contributed by atoms with van der Waals surface area (Å²) in [7, 11) is 1.60. The van der Waals surface area contributed by atoms with E-state index in [0.717, 1.165) is 25.9 Å². The van der Waals surface area contributed by atoms with Gasteiger partial charge in [0.2, 0.25) is 5.91 Å². The van der Waals surface area contributed by atoms with Crippen molar-refractivity contribution >= 4 is 17.5 Å². The third-order valence-corrected chi connectivity index (χ3v) is 5.12. The first-order chi connectivity index (χ1) is 11.9. The summed E-state index contributed by atoms with van der Waals surface area (Å²) in [5, 5.41) is 2.72. The molecule has 1 saturated heterocycles. The molecule has 1 aliphatic heterocycles. The Morgan fingerprint density at radius 2 is 1.84 bits per heavy atom. The van der Waals surface area contributed by atoms with Gasteiger partial charge < -0.3 is 14.8 Å². The molecule has 0 aliphatic carbocycles. The van der Waals surface area contributed by atoms with Gasteiger partial charge in [0.15, 0.2) is 0 Å². The first kappa shape index (κ1) is 19.2. The van der Waals surface area contributed by atoms with E-state index in [9.17, 15) is 14.4 Å². The summed E-state index contributed by atoms with van der Waals surface area (Å²) in [5.74, 6) is 0.255. The summed E-state index contributed by atoms with van der Waals surface area (Å²) in [6, 6.07) is 1.52. The molecule has 0 radical (unpaired) electrons. The summed E-state index contributed by atoms with van der Waals surface area (Å²) in [5.41, 5.74) is 0.315. The summed E-state index contributed by atoms with van der Waals surface area (Å²) in [4.78, 5) is 39.2. The number of amides is 2. The van der Waals surface area contributed by atoms with Crippen molar-refractivity contribution in [3.8, 4) is 0 Å². The fourth-order valence-electron chi connectivity index (χ4n) is 3.21. The van der Waals surface area contributed by atoms with Crippen LogP contribution in [0.1, 0.15) is 56.8 Å². The van der Waals surface area contributed by atoms with Crippen molar-refractivity contribution in [3.05, 3.63) is 28.2 Å². The number of aromatic nitrogens is 1. The van der Waals surface area contributed by atoms with Crippen molar-refractivity contribution in [2.24, 2.45) is 18.9 Å². The maximum absolute atomic E-state index is 12.8. The molecule has 138 valence electrons. The molecule has 1 aliphatic rings. The lowest BCUT2D eigenvalue weighted by molar-refractivity contribution is -0.120. The molecule has 0 atom stereocenters. The Morgan fingerprint density at radius 3 is 2.40 bits per heavy atom. The largest absolute Gasteiger partial charge is 0.339 e. The van der Waals surface area contributed by atoms with Gasteiger partial charge in [0.1, 0.15) is 5.69 Å². The number of hydrogen-bond donors (Lipinski definition) is 1. The number of aryl methyl sites for hydroxylation is 1. The molecule has 2 rings (SSSR count).